The first kappa shape index (κ1) is 27.1. The average Bonchev–Trinajstić information content (AvgIpc) is 2.93. The van der Waals surface area contributed by atoms with Gasteiger partial charge < -0.3 is 19.6 Å². The fourth-order valence-electron chi connectivity index (χ4n) is 5.54. The second kappa shape index (κ2) is 13.0. The second-order valence-electron chi connectivity index (χ2n) is 10.6. The number of hydrogen-bond donors (Lipinski definition) is 1. The molecular formula is C33H44N2O2. The lowest BCUT2D eigenvalue weighted by Gasteiger charge is -2.32. The van der Waals surface area contributed by atoms with E-state index >= 15 is 0 Å². The number of hydrogen-bond acceptors (Lipinski definition) is 4. The van der Waals surface area contributed by atoms with Crippen LogP contribution in [0.2, 0.25) is 0 Å². The molecule has 0 unspecified atom stereocenters. The summed E-state index contributed by atoms with van der Waals surface area (Å²) >= 11 is 0. The SMILES string of the molecule is CCCCN(C)CCc1ccc(CN(CC)c2cc(OC)ccc2[C@@H]2CCc3cc(O)ccc3C2)cc1. The Morgan fingerprint density at radius 2 is 1.70 bits per heavy atom. The van der Waals surface area contributed by atoms with Gasteiger partial charge in [0.05, 0.1) is 7.11 Å². The van der Waals surface area contributed by atoms with Crippen molar-refractivity contribution < 1.29 is 9.84 Å². The quantitative estimate of drug-likeness (QED) is 0.291. The van der Waals surface area contributed by atoms with Crippen molar-refractivity contribution in [2.24, 2.45) is 0 Å². The van der Waals surface area contributed by atoms with Gasteiger partial charge in [0, 0.05) is 31.4 Å². The smallest absolute Gasteiger partial charge is 0.120 e. The molecule has 1 aliphatic carbocycles. The first-order chi connectivity index (χ1) is 18.0. The molecule has 0 heterocycles. The van der Waals surface area contributed by atoms with Crippen LogP contribution in [0.1, 0.15) is 66.8 Å². The molecule has 4 nitrogen and oxygen atoms in total. The summed E-state index contributed by atoms with van der Waals surface area (Å²) in [7, 11) is 3.97. The lowest BCUT2D eigenvalue weighted by atomic mass is 9.79. The molecule has 198 valence electrons. The number of nitrogens with zero attached hydrogens (tertiary/aromatic N) is 2. The zero-order chi connectivity index (χ0) is 26.2. The molecule has 0 bridgehead atoms. The van der Waals surface area contributed by atoms with Crippen molar-refractivity contribution in [1.29, 1.82) is 0 Å². The molecule has 4 heteroatoms. The van der Waals surface area contributed by atoms with Gasteiger partial charge in [-0.05, 0) is 105 Å². The van der Waals surface area contributed by atoms with Crippen molar-refractivity contribution in [3.63, 3.8) is 0 Å². The Hall–Kier alpha value is -2.98. The fraction of sp³-hybridized carbons (Fsp3) is 0.455. The van der Waals surface area contributed by atoms with Crippen LogP contribution in [0.25, 0.3) is 0 Å². The first-order valence-electron chi connectivity index (χ1n) is 14.0. The van der Waals surface area contributed by atoms with Crippen molar-refractivity contribution in [2.75, 3.05) is 38.7 Å². The standard InChI is InChI=1S/C33H44N2O2/c1-5-7-19-34(3)20-18-25-8-10-26(11-9-25)24-35(6-2)33-23-31(37-4)16-17-32(33)29-13-12-28-22-30(36)15-14-27(28)21-29/h8-11,14-17,22-23,29,36H,5-7,12-13,18-21,24H2,1-4H3/t29-/m1/s1. The number of anilines is 1. The first-order valence-corrected chi connectivity index (χ1v) is 14.0. The van der Waals surface area contributed by atoms with E-state index in [9.17, 15) is 5.11 Å². The van der Waals surface area contributed by atoms with Crippen LogP contribution in [0, 0.1) is 0 Å². The van der Waals surface area contributed by atoms with Crippen molar-refractivity contribution in [2.45, 2.75) is 64.8 Å². The van der Waals surface area contributed by atoms with Gasteiger partial charge in [0.15, 0.2) is 0 Å². The lowest BCUT2D eigenvalue weighted by molar-refractivity contribution is 0.332. The Bertz CT molecular complexity index is 1140. The van der Waals surface area contributed by atoms with E-state index in [2.05, 4.69) is 79.2 Å². The summed E-state index contributed by atoms with van der Waals surface area (Å²) in [5.74, 6) is 1.73. The maximum atomic E-state index is 9.90. The van der Waals surface area contributed by atoms with Crippen LogP contribution >= 0.6 is 0 Å². The summed E-state index contributed by atoms with van der Waals surface area (Å²) in [6, 6.07) is 21.6. The molecule has 0 amide bonds. The summed E-state index contributed by atoms with van der Waals surface area (Å²) < 4.78 is 5.64. The molecule has 1 N–H and O–H groups in total. The van der Waals surface area contributed by atoms with Gasteiger partial charge in [-0.25, -0.2) is 0 Å². The molecule has 3 aromatic carbocycles. The van der Waals surface area contributed by atoms with Crippen LogP contribution in [-0.4, -0.2) is 43.8 Å². The van der Waals surface area contributed by atoms with E-state index in [0.717, 1.165) is 51.1 Å². The molecule has 0 saturated carbocycles. The predicted octanol–water partition coefficient (Wildman–Crippen LogP) is 6.97. The van der Waals surface area contributed by atoms with Gasteiger partial charge in [0.25, 0.3) is 0 Å². The van der Waals surface area contributed by atoms with Gasteiger partial charge in [0.1, 0.15) is 11.5 Å². The molecule has 0 aromatic heterocycles. The molecule has 0 saturated heterocycles. The molecule has 0 radical (unpaired) electrons. The predicted molar refractivity (Wildman–Crippen MR) is 155 cm³/mol. The topological polar surface area (TPSA) is 35.9 Å². The minimum atomic E-state index is 0.369. The molecule has 1 atom stereocenters. The third-order valence-electron chi connectivity index (χ3n) is 7.89. The lowest BCUT2D eigenvalue weighted by Crippen LogP contribution is -2.25. The van der Waals surface area contributed by atoms with Crippen LogP contribution in [0.5, 0.6) is 11.5 Å². The number of unbranched alkanes of at least 4 members (excludes halogenated alkanes) is 1. The van der Waals surface area contributed by atoms with E-state index in [1.807, 2.05) is 12.1 Å². The molecule has 0 spiro atoms. The van der Waals surface area contributed by atoms with E-state index in [1.165, 1.54) is 52.9 Å². The zero-order valence-corrected chi connectivity index (χ0v) is 23.2. The highest BCUT2D eigenvalue weighted by atomic mass is 16.5. The fourth-order valence-corrected chi connectivity index (χ4v) is 5.54. The number of fused-ring (bicyclic) bond motifs is 1. The van der Waals surface area contributed by atoms with Crippen LogP contribution < -0.4 is 9.64 Å². The molecule has 37 heavy (non-hydrogen) atoms. The Labute approximate surface area is 223 Å². The minimum Gasteiger partial charge on any atom is -0.508 e. The van der Waals surface area contributed by atoms with Gasteiger partial charge in [0.2, 0.25) is 0 Å². The van der Waals surface area contributed by atoms with E-state index < -0.39 is 0 Å². The summed E-state index contributed by atoms with van der Waals surface area (Å²) in [5, 5.41) is 9.90. The number of aromatic hydroxyl groups is 1. The van der Waals surface area contributed by atoms with Crippen LogP contribution in [0.15, 0.2) is 60.7 Å². The highest BCUT2D eigenvalue weighted by Crippen LogP contribution is 2.40. The number of benzene rings is 3. The third kappa shape index (κ3) is 7.07. The Kier molecular flexibility index (Phi) is 9.51. The number of ether oxygens (including phenoxy) is 1. The molecule has 0 fully saturated rings. The van der Waals surface area contributed by atoms with Crippen molar-refractivity contribution in [3.05, 3.63) is 88.5 Å². The van der Waals surface area contributed by atoms with Gasteiger partial charge >= 0.3 is 0 Å². The third-order valence-corrected chi connectivity index (χ3v) is 7.89. The van der Waals surface area contributed by atoms with Crippen molar-refractivity contribution >= 4 is 5.69 Å². The van der Waals surface area contributed by atoms with Gasteiger partial charge in [-0.1, -0.05) is 49.7 Å². The highest BCUT2D eigenvalue weighted by molar-refractivity contribution is 5.60. The summed E-state index contributed by atoms with van der Waals surface area (Å²) in [6.45, 7) is 8.59. The zero-order valence-electron chi connectivity index (χ0n) is 23.2. The van der Waals surface area contributed by atoms with Gasteiger partial charge in [-0.15, -0.1) is 0 Å². The molecule has 1 aliphatic rings. The van der Waals surface area contributed by atoms with Crippen LogP contribution in [-0.2, 0) is 25.8 Å². The minimum absolute atomic E-state index is 0.369. The summed E-state index contributed by atoms with van der Waals surface area (Å²) in [6.07, 6.45) is 6.72. The van der Waals surface area contributed by atoms with Crippen molar-refractivity contribution in [1.82, 2.24) is 4.90 Å². The monoisotopic (exact) mass is 500 g/mol. The van der Waals surface area contributed by atoms with Crippen LogP contribution in [0.3, 0.4) is 0 Å². The summed E-state index contributed by atoms with van der Waals surface area (Å²) in [5.41, 5.74) is 8.06. The molecule has 0 aliphatic heterocycles. The number of rotatable bonds is 12. The number of methoxy groups -OCH3 is 1. The van der Waals surface area contributed by atoms with Gasteiger partial charge in [-0.2, -0.15) is 0 Å². The molecule has 4 rings (SSSR count). The number of phenolic OH excluding ortho intramolecular Hbond substituents is 1. The maximum absolute atomic E-state index is 9.90. The van der Waals surface area contributed by atoms with E-state index in [-0.39, 0.29) is 0 Å². The van der Waals surface area contributed by atoms with E-state index in [0.29, 0.717) is 11.7 Å². The second-order valence-corrected chi connectivity index (χ2v) is 10.6. The number of phenols is 1. The molecular weight excluding hydrogens is 456 g/mol. The van der Waals surface area contributed by atoms with Gasteiger partial charge in [-0.3, -0.25) is 0 Å². The Morgan fingerprint density at radius 1 is 0.919 bits per heavy atom. The molecule has 3 aromatic rings. The van der Waals surface area contributed by atoms with E-state index in [1.54, 1.807) is 7.11 Å². The Balaban J connectivity index is 1.49. The number of aryl methyl sites for hydroxylation is 1. The highest BCUT2D eigenvalue weighted by Gasteiger charge is 2.24. The van der Waals surface area contributed by atoms with Crippen LogP contribution in [0.4, 0.5) is 5.69 Å². The number of likely N-dealkylation sites (N-methyl/N-ethyl adjacent to an activating group) is 1. The summed E-state index contributed by atoms with van der Waals surface area (Å²) in [4.78, 5) is 4.92. The largest absolute Gasteiger partial charge is 0.508 e. The van der Waals surface area contributed by atoms with Crippen molar-refractivity contribution in [3.8, 4) is 11.5 Å². The maximum Gasteiger partial charge on any atom is 0.120 e. The Morgan fingerprint density at radius 3 is 2.43 bits per heavy atom. The van der Waals surface area contributed by atoms with E-state index in [4.69, 9.17) is 4.74 Å². The average molecular weight is 501 g/mol. The normalized spacial score (nSPS) is 15.0.